The van der Waals surface area contributed by atoms with Gasteiger partial charge in [-0.15, -0.1) is 0 Å². The normalized spacial score (nSPS) is 9.33. The van der Waals surface area contributed by atoms with Gasteiger partial charge in [-0.2, -0.15) is 0 Å². The molecule has 0 aliphatic heterocycles. The molecular weight excluding hydrogens is 200 g/mol. The van der Waals surface area contributed by atoms with Gasteiger partial charge in [0, 0.05) is 10.5 Å². The van der Waals surface area contributed by atoms with Gasteiger partial charge in [0.05, 0.1) is 5.69 Å². The van der Waals surface area contributed by atoms with E-state index in [9.17, 15) is 19.7 Å². The topological polar surface area (TPSA) is 89.3 Å². The average Bonchev–Trinajstić information content (AvgIpc) is 2.17. The standard InChI is InChI=1S/C9H8N2O4/c12-6-7-3-1-2-4-8(7)10-9(13)5-11(14)15/h1-4,6H,5H2,(H,10,13). The van der Waals surface area contributed by atoms with Gasteiger partial charge in [-0.3, -0.25) is 19.7 Å². The molecule has 0 aliphatic carbocycles. The summed E-state index contributed by atoms with van der Waals surface area (Å²) in [6.07, 6.45) is 0.571. The van der Waals surface area contributed by atoms with Crippen molar-refractivity contribution in [3.05, 3.63) is 39.9 Å². The van der Waals surface area contributed by atoms with Crippen LogP contribution in [0.15, 0.2) is 24.3 Å². The number of anilines is 1. The Morgan fingerprint density at radius 1 is 1.47 bits per heavy atom. The zero-order chi connectivity index (χ0) is 11.3. The molecule has 1 aromatic carbocycles. The number of rotatable bonds is 4. The third-order valence-corrected chi connectivity index (χ3v) is 1.63. The van der Waals surface area contributed by atoms with Crippen LogP contribution in [0.25, 0.3) is 0 Å². The minimum absolute atomic E-state index is 0.277. The molecule has 0 fully saturated rings. The second kappa shape index (κ2) is 4.85. The maximum absolute atomic E-state index is 11.0. The first-order valence-electron chi connectivity index (χ1n) is 4.09. The lowest BCUT2D eigenvalue weighted by Gasteiger charge is -2.04. The number of carbonyl (C=O) groups is 2. The molecule has 0 unspecified atom stereocenters. The van der Waals surface area contributed by atoms with Gasteiger partial charge in [0.1, 0.15) is 0 Å². The molecule has 0 aromatic heterocycles. The molecule has 0 heterocycles. The fourth-order valence-electron chi connectivity index (χ4n) is 1.02. The van der Waals surface area contributed by atoms with Gasteiger partial charge >= 0.3 is 0 Å². The molecule has 1 N–H and O–H groups in total. The third kappa shape index (κ3) is 3.18. The zero-order valence-corrected chi connectivity index (χ0v) is 7.67. The quantitative estimate of drug-likeness (QED) is 0.448. The Hall–Kier alpha value is -2.24. The molecule has 6 nitrogen and oxygen atoms in total. The van der Waals surface area contributed by atoms with Crippen molar-refractivity contribution in [1.82, 2.24) is 0 Å². The van der Waals surface area contributed by atoms with Crippen LogP contribution < -0.4 is 5.32 Å². The fourth-order valence-corrected chi connectivity index (χ4v) is 1.02. The third-order valence-electron chi connectivity index (χ3n) is 1.63. The molecule has 0 atom stereocenters. The monoisotopic (exact) mass is 208 g/mol. The molecule has 78 valence electrons. The lowest BCUT2D eigenvalue weighted by molar-refractivity contribution is -0.467. The van der Waals surface area contributed by atoms with Gasteiger partial charge in [-0.05, 0) is 12.1 Å². The van der Waals surface area contributed by atoms with Crippen molar-refractivity contribution in [1.29, 1.82) is 0 Å². The number of carbonyl (C=O) groups excluding carboxylic acids is 2. The molecule has 0 saturated carbocycles. The van der Waals surface area contributed by atoms with Crippen LogP contribution in [0.2, 0.25) is 0 Å². The van der Waals surface area contributed by atoms with Gasteiger partial charge in [-0.25, -0.2) is 0 Å². The molecule has 0 aliphatic rings. The summed E-state index contributed by atoms with van der Waals surface area (Å²) < 4.78 is 0. The lowest BCUT2D eigenvalue weighted by atomic mass is 10.2. The highest BCUT2D eigenvalue weighted by Gasteiger charge is 2.10. The fraction of sp³-hybridized carbons (Fsp3) is 0.111. The van der Waals surface area contributed by atoms with Gasteiger partial charge in [-0.1, -0.05) is 12.1 Å². The second-order valence-corrected chi connectivity index (χ2v) is 2.74. The summed E-state index contributed by atoms with van der Waals surface area (Å²) in [5.74, 6) is -0.755. The number of nitrogens with one attached hydrogen (secondary N) is 1. The van der Waals surface area contributed by atoms with E-state index >= 15 is 0 Å². The van der Waals surface area contributed by atoms with Crippen molar-refractivity contribution < 1.29 is 14.5 Å². The molecule has 6 heteroatoms. The summed E-state index contributed by atoms with van der Waals surface area (Å²) in [7, 11) is 0. The molecule has 1 amide bonds. The maximum atomic E-state index is 11.0. The number of aldehydes is 1. The first kappa shape index (κ1) is 10.8. The Morgan fingerprint density at radius 2 is 2.13 bits per heavy atom. The van der Waals surface area contributed by atoms with Crippen LogP contribution in [0, 0.1) is 10.1 Å². The van der Waals surface area contributed by atoms with E-state index in [4.69, 9.17) is 0 Å². The second-order valence-electron chi connectivity index (χ2n) is 2.74. The van der Waals surface area contributed by atoms with E-state index in [1.165, 1.54) is 12.1 Å². The van der Waals surface area contributed by atoms with E-state index in [2.05, 4.69) is 5.32 Å². The molecule has 0 radical (unpaired) electrons. The number of para-hydroxylation sites is 1. The Labute approximate surface area is 85.1 Å². The summed E-state index contributed by atoms with van der Waals surface area (Å²) in [5, 5.41) is 12.3. The minimum atomic E-state index is -0.812. The van der Waals surface area contributed by atoms with E-state index in [1.807, 2.05) is 0 Å². The first-order chi connectivity index (χ1) is 7.13. The van der Waals surface area contributed by atoms with Crippen LogP contribution in [0.4, 0.5) is 5.69 Å². The lowest BCUT2D eigenvalue weighted by Crippen LogP contribution is -2.22. The van der Waals surface area contributed by atoms with Crippen molar-refractivity contribution in [3.63, 3.8) is 0 Å². The van der Waals surface area contributed by atoms with Crippen molar-refractivity contribution in [2.45, 2.75) is 0 Å². The van der Waals surface area contributed by atoms with E-state index < -0.39 is 17.4 Å². The summed E-state index contributed by atoms with van der Waals surface area (Å²) in [5.41, 5.74) is 0.563. The van der Waals surface area contributed by atoms with Crippen LogP contribution in [0.5, 0.6) is 0 Å². The van der Waals surface area contributed by atoms with Crippen molar-refractivity contribution in [2.24, 2.45) is 0 Å². The zero-order valence-electron chi connectivity index (χ0n) is 7.67. The van der Waals surface area contributed by atoms with Crippen LogP contribution in [0.3, 0.4) is 0 Å². The van der Waals surface area contributed by atoms with Crippen LogP contribution in [-0.4, -0.2) is 23.7 Å². The first-order valence-corrected chi connectivity index (χ1v) is 4.09. The van der Waals surface area contributed by atoms with Gasteiger partial charge < -0.3 is 5.32 Å². The summed E-state index contributed by atoms with van der Waals surface area (Å²) in [6, 6.07) is 6.26. The largest absolute Gasteiger partial charge is 0.320 e. The SMILES string of the molecule is O=Cc1ccccc1NC(=O)C[N+](=O)[O-]. The number of hydrogen-bond acceptors (Lipinski definition) is 4. The number of nitro groups is 1. The smallest absolute Gasteiger partial charge is 0.296 e. The highest BCUT2D eigenvalue weighted by molar-refractivity contribution is 5.96. The number of hydrogen-bond donors (Lipinski definition) is 1. The summed E-state index contributed by atoms with van der Waals surface area (Å²) in [4.78, 5) is 30.9. The number of nitrogens with zero attached hydrogens (tertiary/aromatic N) is 1. The van der Waals surface area contributed by atoms with E-state index in [-0.39, 0.29) is 11.3 Å². The average molecular weight is 208 g/mol. The number of amides is 1. The van der Waals surface area contributed by atoms with Crippen LogP contribution in [0.1, 0.15) is 10.4 Å². The minimum Gasteiger partial charge on any atom is -0.320 e. The highest BCUT2D eigenvalue weighted by Crippen LogP contribution is 2.11. The summed E-state index contributed by atoms with van der Waals surface area (Å²) in [6.45, 7) is -0.812. The highest BCUT2D eigenvalue weighted by atomic mass is 16.6. The predicted octanol–water partition coefficient (Wildman–Crippen LogP) is 0.714. The molecule has 1 rings (SSSR count). The molecule has 1 aromatic rings. The van der Waals surface area contributed by atoms with E-state index in [0.717, 1.165) is 0 Å². The van der Waals surface area contributed by atoms with Crippen LogP contribution in [-0.2, 0) is 4.79 Å². The molecule has 0 spiro atoms. The Balaban J connectivity index is 2.75. The predicted molar refractivity (Wildman–Crippen MR) is 52.3 cm³/mol. The van der Waals surface area contributed by atoms with Crippen molar-refractivity contribution in [2.75, 3.05) is 11.9 Å². The van der Waals surface area contributed by atoms with Gasteiger partial charge in [0.15, 0.2) is 6.29 Å². The molecule has 0 saturated heterocycles. The Bertz CT molecular complexity index is 403. The molecular formula is C9H8N2O4. The van der Waals surface area contributed by atoms with Gasteiger partial charge in [0.25, 0.3) is 12.5 Å². The van der Waals surface area contributed by atoms with E-state index in [0.29, 0.717) is 6.29 Å². The Morgan fingerprint density at radius 3 is 2.73 bits per heavy atom. The Kier molecular flexibility index (Phi) is 3.50. The summed E-state index contributed by atoms with van der Waals surface area (Å²) >= 11 is 0. The molecule has 0 bridgehead atoms. The maximum Gasteiger partial charge on any atom is 0.296 e. The van der Waals surface area contributed by atoms with E-state index in [1.54, 1.807) is 12.1 Å². The van der Waals surface area contributed by atoms with Crippen LogP contribution >= 0.6 is 0 Å². The van der Waals surface area contributed by atoms with Gasteiger partial charge in [0.2, 0.25) is 0 Å². The number of benzene rings is 1. The van der Waals surface area contributed by atoms with Crippen molar-refractivity contribution in [3.8, 4) is 0 Å². The van der Waals surface area contributed by atoms with Crippen molar-refractivity contribution >= 4 is 17.9 Å². The molecule has 15 heavy (non-hydrogen) atoms.